The molecule has 0 saturated carbocycles. The largest absolute Gasteiger partial charge is 0.397 e. The second-order valence-electron chi connectivity index (χ2n) is 5.26. The predicted octanol–water partition coefficient (Wildman–Crippen LogP) is 3.01. The summed E-state index contributed by atoms with van der Waals surface area (Å²) in [5.41, 5.74) is 8.09. The van der Waals surface area contributed by atoms with Crippen molar-refractivity contribution in [3.8, 4) is 0 Å². The van der Waals surface area contributed by atoms with E-state index >= 15 is 0 Å². The van der Waals surface area contributed by atoms with Crippen molar-refractivity contribution in [2.24, 2.45) is 0 Å². The van der Waals surface area contributed by atoms with Gasteiger partial charge in [0.25, 0.3) is 5.91 Å². The highest BCUT2D eigenvalue weighted by molar-refractivity contribution is 5.96. The molecule has 19 heavy (non-hydrogen) atoms. The van der Waals surface area contributed by atoms with E-state index in [-0.39, 0.29) is 11.9 Å². The minimum absolute atomic E-state index is 0.0881. The van der Waals surface area contributed by atoms with E-state index in [1.807, 2.05) is 19.9 Å². The molecule has 0 heterocycles. The van der Waals surface area contributed by atoms with Crippen molar-refractivity contribution in [1.29, 1.82) is 0 Å². The first kappa shape index (κ1) is 15.3. The molecule has 4 N–H and O–H groups in total. The number of hydrogen-bond donors (Lipinski definition) is 3. The Morgan fingerprint density at radius 1 is 1.32 bits per heavy atom. The summed E-state index contributed by atoms with van der Waals surface area (Å²) in [7, 11) is 0. The number of rotatable bonds is 6. The van der Waals surface area contributed by atoms with Crippen LogP contribution in [0.15, 0.2) is 18.2 Å². The maximum Gasteiger partial charge on any atom is 0.251 e. The van der Waals surface area contributed by atoms with Crippen molar-refractivity contribution in [3.05, 3.63) is 23.8 Å². The highest BCUT2D eigenvalue weighted by atomic mass is 16.1. The lowest BCUT2D eigenvalue weighted by Gasteiger charge is -2.17. The molecule has 0 radical (unpaired) electrons. The van der Waals surface area contributed by atoms with E-state index in [9.17, 15) is 4.79 Å². The molecular weight excluding hydrogens is 238 g/mol. The molecule has 4 heteroatoms. The molecule has 4 nitrogen and oxygen atoms in total. The van der Waals surface area contributed by atoms with Gasteiger partial charge in [-0.25, -0.2) is 0 Å². The van der Waals surface area contributed by atoms with Gasteiger partial charge in [-0.2, -0.15) is 0 Å². The molecule has 0 bridgehead atoms. The smallest absolute Gasteiger partial charge is 0.251 e. The van der Waals surface area contributed by atoms with E-state index in [1.54, 1.807) is 12.1 Å². The van der Waals surface area contributed by atoms with Crippen LogP contribution in [0.25, 0.3) is 0 Å². The fourth-order valence-electron chi connectivity index (χ4n) is 1.95. The summed E-state index contributed by atoms with van der Waals surface area (Å²) < 4.78 is 0. The number of nitrogens with two attached hydrogens (primary N) is 1. The summed E-state index contributed by atoms with van der Waals surface area (Å²) in [5.74, 6) is -0.0881. The summed E-state index contributed by atoms with van der Waals surface area (Å²) in [5, 5.41) is 6.21. The minimum atomic E-state index is -0.0881. The summed E-state index contributed by atoms with van der Waals surface area (Å²) in [4.78, 5) is 11.9. The Morgan fingerprint density at radius 3 is 2.53 bits per heavy atom. The summed E-state index contributed by atoms with van der Waals surface area (Å²) in [6, 6.07) is 5.89. The number of carbonyl (C=O) groups is 1. The standard InChI is InChI=1S/C15H25N3O/c1-5-6-11(4)18-14-8-7-12(9-13(14)16)15(19)17-10(2)3/h7-11,18H,5-6,16H2,1-4H3,(H,17,19). The van der Waals surface area contributed by atoms with Crippen LogP contribution in [0.1, 0.15) is 50.9 Å². The van der Waals surface area contributed by atoms with Crippen LogP contribution >= 0.6 is 0 Å². The first-order valence-corrected chi connectivity index (χ1v) is 6.91. The van der Waals surface area contributed by atoms with Crippen LogP contribution in [0.5, 0.6) is 0 Å². The average molecular weight is 263 g/mol. The molecule has 0 fully saturated rings. The van der Waals surface area contributed by atoms with Crippen molar-refractivity contribution in [2.75, 3.05) is 11.1 Å². The molecule has 1 rings (SSSR count). The third-order valence-corrected chi connectivity index (χ3v) is 2.86. The molecule has 0 aliphatic carbocycles. The highest BCUT2D eigenvalue weighted by Crippen LogP contribution is 2.21. The lowest BCUT2D eigenvalue weighted by Crippen LogP contribution is -2.30. The zero-order valence-electron chi connectivity index (χ0n) is 12.3. The van der Waals surface area contributed by atoms with Gasteiger partial charge in [-0.1, -0.05) is 13.3 Å². The van der Waals surface area contributed by atoms with E-state index in [0.717, 1.165) is 18.5 Å². The van der Waals surface area contributed by atoms with Gasteiger partial charge in [0.2, 0.25) is 0 Å². The van der Waals surface area contributed by atoms with Gasteiger partial charge >= 0.3 is 0 Å². The highest BCUT2D eigenvalue weighted by Gasteiger charge is 2.10. The number of nitrogen functional groups attached to an aromatic ring is 1. The second-order valence-corrected chi connectivity index (χ2v) is 5.26. The van der Waals surface area contributed by atoms with E-state index in [0.29, 0.717) is 17.3 Å². The monoisotopic (exact) mass is 263 g/mol. The fourth-order valence-corrected chi connectivity index (χ4v) is 1.95. The first-order chi connectivity index (χ1) is 8.93. The van der Waals surface area contributed by atoms with Crippen molar-refractivity contribution in [1.82, 2.24) is 5.32 Å². The summed E-state index contributed by atoms with van der Waals surface area (Å²) in [6.07, 6.45) is 2.22. The van der Waals surface area contributed by atoms with Gasteiger partial charge in [-0.3, -0.25) is 4.79 Å². The van der Waals surface area contributed by atoms with Gasteiger partial charge in [0.05, 0.1) is 11.4 Å². The van der Waals surface area contributed by atoms with Gasteiger partial charge < -0.3 is 16.4 Å². The van der Waals surface area contributed by atoms with Crippen LogP contribution in [-0.4, -0.2) is 18.0 Å². The zero-order chi connectivity index (χ0) is 14.4. The molecule has 1 aromatic carbocycles. The molecule has 1 atom stereocenters. The van der Waals surface area contributed by atoms with Gasteiger partial charge in [0.1, 0.15) is 0 Å². The van der Waals surface area contributed by atoms with Crippen LogP contribution in [-0.2, 0) is 0 Å². The number of nitrogens with one attached hydrogen (secondary N) is 2. The van der Waals surface area contributed by atoms with Crippen molar-refractivity contribution in [2.45, 2.75) is 52.6 Å². The SMILES string of the molecule is CCCC(C)Nc1ccc(C(=O)NC(C)C)cc1N. The van der Waals surface area contributed by atoms with Gasteiger partial charge in [-0.05, 0) is 45.4 Å². The minimum Gasteiger partial charge on any atom is -0.397 e. The fraction of sp³-hybridized carbons (Fsp3) is 0.533. The van der Waals surface area contributed by atoms with Gasteiger partial charge in [0.15, 0.2) is 0 Å². The van der Waals surface area contributed by atoms with Crippen LogP contribution < -0.4 is 16.4 Å². The van der Waals surface area contributed by atoms with E-state index in [4.69, 9.17) is 5.73 Å². The normalized spacial score (nSPS) is 12.3. The Morgan fingerprint density at radius 2 is 2.00 bits per heavy atom. The van der Waals surface area contributed by atoms with Gasteiger partial charge in [0, 0.05) is 17.6 Å². The number of benzene rings is 1. The van der Waals surface area contributed by atoms with E-state index in [1.165, 1.54) is 0 Å². The second kappa shape index (κ2) is 7.02. The zero-order valence-corrected chi connectivity index (χ0v) is 12.3. The van der Waals surface area contributed by atoms with Crippen LogP contribution in [0.2, 0.25) is 0 Å². The molecule has 0 spiro atoms. The number of hydrogen-bond acceptors (Lipinski definition) is 3. The molecular formula is C15H25N3O. The van der Waals surface area contributed by atoms with Crippen LogP contribution in [0.4, 0.5) is 11.4 Å². The van der Waals surface area contributed by atoms with Crippen molar-refractivity contribution < 1.29 is 4.79 Å². The molecule has 0 aliphatic heterocycles. The topological polar surface area (TPSA) is 67.2 Å². The Balaban J connectivity index is 2.77. The maximum atomic E-state index is 11.9. The van der Waals surface area contributed by atoms with E-state index < -0.39 is 0 Å². The molecule has 0 aromatic heterocycles. The van der Waals surface area contributed by atoms with E-state index in [2.05, 4.69) is 24.5 Å². The predicted molar refractivity (Wildman–Crippen MR) is 81.4 cm³/mol. The van der Waals surface area contributed by atoms with Crippen molar-refractivity contribution in [3.63, 3.8) is 0 Å². The third-order valence-electron chi connectivity index (χ3n) is 2.86. The first-order valence-electron chi connectivity index (χ1n) is 6.91. The van der Waals surface area contributed by atoms with Crippen LogP contribution in [0.3, 0.4) is 0 Å². The molecule has 1 unspecified atom stereocenters. The molecule has 106 valence electrons. The maximum absolute atomic E-state index is 11.9. The molecule has 1 amide bonds. The molecule has 0 aliphatic rings. The quantitative estimate of drug-likeness (QED) is 0.691. The Labute approximate surface area is 115 Å². The Bertz CT molecular complexity index is 429. The summed E-state index contributed by atoms with van der Waals surface area (Å²) >= 11 is 0. The van der Waals surface area contributed by atoms with Crippen LogP contribution in [0, 0.1) is 0 Å². The summed E-state index contributed by atoms with van der Waals surface area (Å²) in [6.45, 7) is 8.15. The number of amides is 1. The lowest BCUT2D eigenvalue weighted by molar-refractivity contribution is 0.0943. The Hall–Kier alpha value is -1.71. The molecule has 0 saturated heterocycles. The third kappa shape index (κ3) is 4.81. The average Bonchev–Trinajstić information content (AvgIpc) is 2.31. The Kier molecular flexibility index (Phi) is 5.67. The number of anilines is 2. The van der Waals surface area contributed by atoms with Crippen molar-refractivity contribution >= 4 is 17.3 Å². The molecule has 1 aromatic rings. The number of carbonyl (C=O) groups excluding carboxylic acids is 1. The lowest BCUT2D eigenvalue weighted by atomic mass is 10.1. The van der Waals surface area contributed by atoms with Gasteiger partial charge in [-0.15, -0.1) is 0 Å².